The predicted octanol–water partition coefficient (Wildman–Crippen LogP) is 4.85. The van der Waals surface area contributed by atoms with Crippen molar-refractivity contribution in [3.63, 3.8) is 0 Å². The molecule has 1 aromatic carbocycles. The lowest BCUT2D eigenvalue weighted by atomic mass is 9.74. The first-order valence-electron chi connectivity index (χ1n) is 6.15. The van der Waals surface area contributed by atoms with E-state index < -0.39 is 0 Å². The first-order valence-corrected chi connectivity index (χ1v) is 6.15. The molecule has 3 nitrogen and oxygen atoms in total. The van der Waals surface area contributed by atoms with E-state index in [1.807, 2.05) is 18.2 Å². The molecular formula is C15H21N2O+. The zero-order chi connectivity index (χ0) is 13.8. The molecule has 0 heterocycles. The van der Waals surface area contributed by atoms with Crippen LogP contribution < -0.4 is 0 Å². The summed E-state index contributed by atoms with van der Waals surface area (Å²) in [4.78, 5) is 3.05. The summed E-state index contributed by atoms with van der Waals surface area (Å²) in [6, 6.07) is 10.1. The number of rotatable bonds is 3. The molecule has 18 heavy (non-hydrogen) atoms. The first kappa shape index (κ1) is 14.2. The Kier molecular flexibility index (Phi) is 4.49. The van der Waals surface area contributed by atoms with Crippen LogP contribution in [0.4, 0.5) is 0 Å². The highest BCUT2D eigenvalue weighted by atomic mass is 16.3. The second kappa shape index (κ2) is 5.68. The molecule has 0 bridgehead atoms. The Bertz CT molecular complexity index is 464. The van der Waals surface area contributed by atoms with Crippen LogP contribution in [0.1, 0.15) is 45.6 Å². The van der Waals surface area contributed by atoms with Crippen LogP contribution in [-0.2, 0) is 0 Å². The summed E-state index contributed by atoms with van der Waals surface area (Å²) in [7, 11) is 0. The van der Waals surface area contributed by atoms with Crippen LogP contribution in [0.25, 0.3) is 4.98 Å². The van der Waals surface area contributed by atoms with Crippen molar-refractivity contribution in [2.75, 3.05) is 0 Å². The minimum atomic E-state index is 0.0189. The lowest BCUT2D eigenvalue weighted by Crippen LogP contribution is -2.19. The van der Waals surface area contributed by atoms with Gasteiger partial charge in [-0.1, -0.05) is 51.1 Å². The molecule has 0 aromatic heterocycles. The van der Waals surface area contributed by atoms with Crippen LogP contribution in [0.5, 0.6) is 0 Å². The van der Waals surface area contributed by atoms with Crippen LogP contribution in [0.15, 0.2) is 41.8 Å². The van der Waals surface area contributed by atoms with Gasteiger partial charge in [0.05, 0.1) is 0 Å². The lowest BCUT2D eigenvalue weighted by molar-refractivity contribution is 0.276. The van der Waals surface area contributed by atoms with Gasteiger partial charge in [0.25, 0.3) is 0 Å². The second-order valence-electron chi connectivity index (χ2n) is 5.67. The van der Waals surface area contributed by atoms with Gasteiger partial charge in [0.15, 0.2) is 10.7 Å². The highest BCUT2D eigenvalue weighted by molar-refractivity contribution is 5.24. The fourth-order valence-corrected chi connectivity index (χ4v) is 2.01. The quantitative estimate of drug-likeness (QED) is 0.611. The molecule has 0 radical (unpaired) electrons. The Morgan fingerprint density at radius 2 is 1.83 bits per heavy atom. The molecule has 0 spiro atoms. The summed E-state index contributed by atoms with van der Waals surface area (Å²) in [5.74, 6) is 0.316. The molecule has 0 aliphatic carbocycles. The first-order chi connectivity index (χ1) is 8.36. The minimum Gasteiger partial charge on any atom is -0.505 e. The van der Waals surface area contributed by atoms with Crippen LogP contribution in [0.2, 0.25) is 0 Å². The fourth-order valence-electron chi connectivity index (χ4n) is 2.01. The van der Waals surface area contributed by atoms with Crippen molar-refractivity contribution in [3.8, 4) is 0 Å². The van der Waals surface area contributed by atoms with E-state index in [1.54, 1.807) is 6.92 Å². The number of hydrogen-bond acceptors (Lipinski definition) is 2. The van der Waals surface area contributed by atoms with E-state index in [-0.39, 0.29) is 22.8 Å². The van der Waals surface area contributed by atoms with E-state index in [9.17, 15) is 5.11 Å². The molecule has 0 amide bonds. The van der Waals surface area contributed by atoms with Crippen molar-refractivity contribution >= 4 is 0 Å². The van der Waals surface area contributed by atoms with Gasteiger partial charge in [0, 0.05) is 13.3 Å². The summed E-state index contributed by atoms with van der Waals surface area (Å²) < 4.78 is 0. The summed E-state index contributed by atoms with van der Waals surface area (Å²) in [5.41, 5.74) is 1.48. The largest absolute Gasteiger partial charge is 0.505 e. The molecule has 1 aromatic rings. The molecule has 1 rings (SSSR count). The maximum absolute atomic E-state index is 9.94. The van der Waals surface area contributed by atoms with Gasteiger partial charge < -0.3 is 5.11 Å². The Hall–Kier alpha value is -1.82. The van der Waals surface area contributed by atoms with E-state index in [0.29, 0.717) is 6.42 Å². The zero-order valence-corrected chi connectivity index (χ0v) is 11.5. The van der Waals surface area contributed by atoms with Crippen molar-refractivity contribution < 1.29 is 5.11 Å². The Balaban J connectivity index is 3.07. The number of aliphatic hydroxyl groups is 1. The number of aliphatic hydroxyl groups excluding tert-OH is 1. The molecule has 0 fully saturated rings. The van der Waals surface area contributed by atoms with Gasteiger partial charge in [-0.2, -0.15) is 0 Å². The molecule has 1 atom stereocenters. The average molecular weight is 245 g/mol. The van der Waals surface area contributed by atoms with Gasteiger partial charge in [-0.3, -0.25) is 0 Å². The predicted molar refractivity (Wildman–Crippen MR) is 73.7 cm³/mol. The number of nitrogens with zero attached hydrogens (tertiary/aromatic N) is 2. The van der Waals surface area contributed by atoms with Crippen LogP contribution in [0.3, 0.4) is 0 Å². The van der Waals surface area contributed by atoms with E-state index >= 15 is 0 Å². The highest BCUT2D eigenvalue weighted by Gasteiger charge is 2.29. The van der Waals surface area contributed by atoms with Crippen molar-refractivity contribution in [1.29, 1.82) is 5.39 Å². The van der Waals surface area contributed by atoms with Crippen molar-refractivity contribution in [3.05, 3.63) is 52.3 Å². The second-order valence-corrected chi connectivity index (χ2v) is 5.67. The third-order valence-corrected chi connectivity index (χ3v) is 3.21. The molecule has 0 aliphatic rings. The summed E-state index contributed by atoms with van der Waals surface area (Å²) >= 11 is 0. The maximum Gasteiger partial charge on any atom is 0.395 e. The smallest absolute Gasteiger partial charge is 0.395 e. The zero-order valence-electron chi connectivity index (χ0n) is 11.5. The maximum atomic E-state index is 9.94. The molecule has 0 saturated carbocycles. The third-order valence-electron chi connectivity index (χ3n) is 3.21. The third kappa shape index (κ3) is 3.59. The average Bonchev–Trinajstić information content (AvgIpc) is 2.34. The summed E-state index contributed by atoms with van der Waals surface area (Å²) in [5, 5.41) is 18.6. The Labute approximate surface area is 109 Å². The molecule has 1 unspecified atom stereocenters. The van der Waals surface area contributed by atoms with Gasteiger partial charge in [0.2, 0.25) is 5.39 Å². The van der Waals surface area contributed by atoms with E-state index in [2.05, 4.69) is 37.9 Å². The van der Waals surface area contributed by atoms with Gasteiger partial charge in [-0.25, -0.2) is 0 Å². The molecule has 3 heteroatoms. The number of hydrogen-bond donors (Lipinski definition) is 1. The van der Waals surface area contributed by atoms with Crippen LogP contribution >= 0.6 is 0 Å². The van der Waals surface area contributed by atoms with E-state index in [4.69, 9.17) is 5.39 Å². The van der Waals surface area contributed by atoms with Gasteiger partial charge in [-0.05, 0) is 16.9 Å². The van der Waals surface area contributed by atoms with Crippen molar-refractivity contribution in [1.82, 2.24) is 0 Å². The Morgan fingerprint density at radius 1 is 1.28 bits per heavy atom. The summed E-state index contributed by atoms with van der Waals surface area (Å²) in [6.07, 6.45) is 0.476. The van der Waals surface area contributed by atoms with Crippen molar-refractivity contribution in [2.45, 2.75) is 40.0 Å². The SMILES string of the molecule is C/C([N+]#N)=C(\O)CC(c1ccccc1)C(C)(C)C. The normalized spacial score (nSPS) is 14.6. The van der Waals surface area contributed by atoms with E-state index in [0.717, 1.165) is 0 Å². The van der Waals surface area contributed by atoms with Gasteiger partial charge in [0.1, 0.15) is 0 Å². The topological polar surface area (TPSA) is 48.4 Å². The minimum absolute atomic E-state index is 0.0189. The van der Waals surface area contributed by atoms with Gasteiger partial charge in [-0.15, -0.1) is 0 Å². The highest BCUT2D eigenvalue weighted by Crippen LogP contribution is 2.39. The van der Waals surface area contributed by atoms with Gasteiger partial charge >= 0.3 is 5.70 Å². The monoisotopic (exact) mass is 245 g/mol. The van der Waals surface area contributed by atoms with E-state index in [1.165, 1.54) is 5.56 Å². The molecule has 1 N–H and O–H groups in total. The summed E-state index contributed by atoms with van der Waals surface area (Å²) in [6.45, 7) is 8.02. The number of diazo groups is 1. The van der Waals surface area contributed by atoms with Crippen LogP contribution in [0, 0.1) is 10.8 Å². The molecular weight excluding hydrogens is 224 g/mol. The lowest BCUT2D eigenvalue weighted by Gasteiger charge is -2.30. The number of allylic oxidation sites excluding steroid dienone is 2. The molecule has 96 valence electrons. The fraction of sp³-hybridized carbons (Fsp3) is 0.467. The molecule has 0 saturated heterocycles. The number of benzene rings is 1. The van der Waals surface area contributed by atoms with Crippen molar-refractivity contribution in [2.24, 2.45) is 5.41 Å². The standard InChI is InChI=1S/C15H20N2O/c1-11(17-16)14(18)10-13(15(2,3)4)12-8-6-5-7-9-12/h5-9,13H,10H2,1-4H3/p+1/b14-11+. The van der Waals surface area contributed by atoms with Crippen LogP contribution in [-0.4, -0.2) is 5.11 Å². The Morgan fingerprint density at radius 3 is 2.28 bits per heavy atom. The molecule has 0 aliphatic heterocycles.